The van der Waals surface area contributed by atoms with Crippen molar-refractivity contribution in [2.45, 2.75) is 0 Å². The second kappa shape index (κ2) is 8.89. The normalized spacial score (nSPS) is 5.00. The van der Waals surface area contributed by atoms with E-state index in [2.05, 4.69) is 0 Å². The molecule has 0 heterocycles. The van der Waals surface area contributed by atoms with Crippen LogP contribution in [0.1, 0.15) is 0 Å². The summed E-state index contributed by atoms with van der Waals surface area (Å²) in [6.07, 6.45) is 1.73. The summed E-state index contributed by atoms with van der Waals surface area (Å²) in [6, 6.07) is 0. The van der Waals surface area contributed by atoms with E-state index < -0.39 is 0 Å². The summed E-state index contributed by atoms with van der Waals surface area (Å²) in [6.45, 7) is 0. The van der Waals surface area contributed by atoms with Gasteiger partial charge in [-0.05, 0) is 6.26 Å². The molecule has 0 fully saturated rings. The molecule has 0 aromatic carbocycles. The Morgan fingerprint density at radius 1 is 1.80 bits per heavy atom. The SMILES string of the molecule is CSC=O.[NaH]. The van der Waals surface area contributed by atoms with E-state index in [-0.39, 0.29) is 29.6 Å². The number of carbonyl (C=O) groups excluding carboxylic acids is 1. The summed E-state index contributed by atoms with van der Waals surface area (Å²) in [5, 5.41) is 0. The number of carbonyl (C=O) groups is 1. The van der Waals surface area contributed by atoms with Crippen molar-refractivity contribution in [3.63, 3.8) is 0 Å². The van der Waals surface area contributed by atoms with Crippen molar-refractivity contribution >= 4 is 46.9 Å². The van der Waals surface area contributed by atoms with E-state index in [1.807, 2.05) is 0 Å². The molecule has 0 aromatic rings. The first kappa shape index (κ1) is 9.39. The first-order valence-corrected chi connectivity index (χ1v) is 2.17. The molecule has 0 N–H and O–H groups in total. The molecule has 0 aliphatic heterocycles. The standard InChI is InChI=1S/C2H4OS.Na.H/c1-4-2-3;;/h2H,1H3;;. The summed E-state index contributed by atoms with van der Waals surface area (Å²) in [5.74, 6) is 0. The number of hydrogen-bond donors (Lipinski definition) is 0. The number of hydrogen-bond acceptors (Lipinski definition) is 2. The van der Waals surface area contributed by atoms with E-state index in [9.17, 15) is 0 Å². The Morgan fingerprint density at radius 3 is 2.00 bits per heavy atom. The van der Waals surface area contributed by atoms with Crippen molar-refractivity contribution in [2.75, 3.05) is 6.26 Å². The van der Waals surface area contributed by atoms with Gasteiger partial charge < -0.3 is 0 Å². The summed E-state index contributed by atoms with van der Waals surface area (Å²) in [7, 11) is 0. The molecule has 0 radical (unpaired) electrons. The monoisotopic (exact) mass is 100.0 g/mol. The Balaban J connectivity index is 0. The Bertz CT molecular complexity index is 23.6. The van der Waals surface area contributed by atoms with Gasteiger partial charge >= 0.3 is 29.6 Å². The van der Waals surface area contributed by atoms with Crippen molar-refractivity contribution < 1.29 is 4.79 Å². The van der Waals surface area contributed by atoms with Crippen LogP contribution in [0, 0.1) is 0 Å². The van der Waals surface area contributed by atoms with E-state index in [1.165, 1.54) is 11.8 Å². The first-order chi connectivity index (χ1) is 1.91. The molecule has 0 atom stereocenters. The summed E-state index contributed by atoms with van der Waals surface area (Å²) in [4.78, 5) is 9.14. The summed E-state index contributed by atoms with van der Waals surface area (Å²) in [5.41, 5.74) is 0.792. The molecule has 0 rings (SSSR count). The maximum atomic E-state index is 9.14. The zero-order valence-corrected chi connectivity index (χ0v) is 3.21. The van der Waals surface area contributed by atoms with Gasteiger partial charge in [0, 0.05) is 0 Å². The Kier molecular flexibility index (Phi) is 16.7. The first-order valence-electron chi connectivity index (χ1n) is 0.880. The topological polar surface area (TPSA) is 17.1 Å². The van der Waals surface area contributed by atoms with Crippen LogP contribution in [0.15, 0.2) is 0 Å². The van der Waals surface area contributed by atoms with Gasteiger partial charge in [0.25, 0.3) is 0 Å². The van der Waals surface area contributed by atoms with Crippen LogP contribution in [0.2, 0.25) is 0 Å². The van der Waals surface area contributed by atoms with E-state index in [1.54, 1.807) is 6.26 Å². The van der Waals surface area contributed by atoms with Crippen LogP contribution in [-0.2, 0) is 4.79 Å². The minimum absolute atomic E-state index is 0. The Morgan fingerprint density at radius 2 is 2.00 bits per heavy atom. The van der Waals surface area contributed by atoms with Crippen molar-refractivity contribution in [3.8, 4) is 0 Å². The van der Waals surface area contributed by atoms with Crippen LogP contribution < -0.4 is 0 Å². The molecule has 0 unspecified atom stereocenters. The molecule has 26 valence electrons. The molecule has 5 heavy (non-hydrogen) atoms. The van der Waals surface area contributed by atoms with Crippen molar-refractivity contribution in [2.24, 2.45) is 0 Å². The predicted octanol–water partition coefficient (Wildman–Crippen LogP) is -0.109. The van der Waals surface area contributed by atoms with Gasteiger partial charge in [-0.3, -0.25) is 4.79 Å². The second-order valence-corrected chi connectivity index (χ2v) is 0.996. The quantitative estimate of drug-likeness (QED) is 0.338. The Labute approximate surface area is 57.8 Å². The third kappa shape index (κ3) is 11.2. The van der Waals surface area contributed by atoms with Gasteiger partial charge in [0.05, 0.1) is 0 Å². The third-order valence-corrected chi connectivity index (χ3v) is 0.289. The molecule has 1 nitrogen and oxygen atoms in total. The maximum absolute atomic E-state index is 9.14. The fraction of sp³-hybridized carbons (Fsp3) is 0.500. The fourth-order valence-electron chi connectivity index (χ4n) is 0. The van der Waals surface area contributed by atoms with Crippen LogP contribution in [0.3, 0.4) is 0 Å². The van der Waals surface area contributed by atoms with Crippen LogP contribution in [0.4, 0.5) is 0 Å². The molecule has 0 aliphatic carbocycles. The summed E-state index contributed by atoms with van der Waals surface area (Å²) < 4.78 is 0. The zero-order valence-electron chi connectivity index (χ0n) is 2.39. The molecular formula is C2H5NaOS. The van der Waals surface area contributed by atoms with Gasteiger partial charge in [-0.25, -0.2) is 0 Å². The molecular weight excluding hydrogens is 95.1 g/mol. The molecule has 0 aliphatic rings. The molecule has 0 saturated heterocycles. The fourth-order valence-corrected chi connectivity index (χ4v) is 0. The number of rotatable bonds is 1. The molecule has 0 amide bonds. The molecule has 3 heteroatoms. The van der Waals surface area contributed by atoms with E-state index in [0.29, 0.717) is 0 Å². The van der Waals surface area contributed by atoms with Crippen molar-refractivity contribution in [1.82, 2.24) is 0 Å². The van der Waals surface area contributed by atoms with Crippen molar-refractivity contribution in [1.29, 1.82) is 0 Å². The van der Waals surface area contributed by atoms with Crippen LogP contribution in [0.25, 0.3) is 0 Å². The second-order valence-electron chi connectivity index (χ2n) is 0.332. The van der Waals surface area contributed by atoms with Crippen LogP contribution >= 0.6 is 11.8 Å². The van der Waals surface area contributed by atoms with E-state index >= 15 is 0 Å². The van der Waals surface area contributed by atoms with Gasteiger partial charge in [0.2, 0.25) is 0 Å². The molecule has 0 saturated carbocycles. The van der Waals surface area contributed by atoms with Gasteiger partial charge in [-0.2, -0.15) is 0 Å². The van der Waals surface area contributed by atoms with Gasteiger partial charge in [-0.15, -0.1) is 0 Å². The van der Waals surface area contributed by atoms with Crippen LogP contribution in [0.5, 0.6) is 0 Å². The van der Waals surface area contributed by atoms with E-state index in [4.69, 9.17) is 4.79 Å². The van der Waals surface area contributed by atoms with Gasteiger partial charge in [-0.1, -0.05) is 11.8 Å². The van der Waals surface area contributed by atoms with Gasteiger partial charge in [0.1, 0.15) is 0 Å². The average Bonchev–Trinajstić information content (AvgIpc) is 1.37. The Hall–Kier alpha value is 1.02. The van der Waals surface area contributed by atoms with Crippen molar-refractivity contribution in [3.05, 3.63) is 0 Å². The van der Waals surface area contributed by atoms with Crippen LogP contribution in [-0.4, -0.2) is 41.4 Å². The molecule has 0 spiro atoms. The molecule has 0 bridgehead atoms. The van der Waals surface area contributed by atoms with Gasteiger partial charge in [0.15, 0.2) is 5.62 Å². The average molecular weight is 100 g/mol. The zero-order chi connectivity index (χ0) is 3.41. The minimum atomic E-state index is 0. The predicted molar refractivity (Wildman–Crippen MR) is 27.4 cm³/mol. The summed E-state index contributed by atoms with van der Waals surface area (Å²) >= 11 is 1.18. The third-order valence-electron chi connectivity index (χ3n) is 0.0962. The molecule has 0 aromatic heterocycles. The van der Waals surface area contributed by atoms with E-state index in [0.717, 1.165) is 5.62 Å². The number of thioether (sulfide) groups is 1.